The minimum Gasteiger partial charge on any atom is -0.478 e. The lowest BCUT2D eigenvalue weighted by Crippen LogP contribution is -2.19. The topological polar surface area (TPSA) is 109 Å². The Kier molecular flexibility index (Phi) is 4.47. The van der Waals surface area contributed by atoms with Crippen molar-refractivity contribution in [2.24, 2.45) is 5.14 Å². The summed E-state index contributed by atoms with van der Waals surface area (Å²) in [5.41, 5.74) is 0.623. The fourth-order valence-electron chi connectivity index (χ4n) is 1.32. The second-order valence-electron chi connectivity index (χ2n) is 3.50. The van der Waals surface area contributed by atoms with Crippen LogP contribution in [0.2, 0.25) is 0 Å². The summed E-state index contributed by atoms with van der Waals surface area (Å²) in [7, 11) is -3.46. The van der Waals surface area contributed by atoms with E-state index < -0.39 is 16.0 Å². The number of primary sulfonamides is 1. The monoisotopic (exact) mass is 258 g/mol. The van der Waals surface area contributed by atoms with Crippen molar-refractivity contribution in [1.29, 1.82) is 0 Å². The number of anilines is 1. The van der Waals surface area contributed by atoms with E-state index in [4.69, 9.17) is 10.2 Å². The highest BCUT2D eigenvalue weighted by Crippen LogP contribution is 2.14. The van der Waals surface area contributed by atoms with Gasteiger partial charge >= 0.3 is 5.97 Å². The second-order valence-corrected chi connectivity index (χ2v) is 5.23. The van der Waals surface area contributed by atoms with Crippen molar-refractivity contribution >= 4 is 21.7 Å². The molecule has 0 aliphatic carbocycles. The number of carbonyl (C=O) groups is 1. The van der Waals surface area contributed by atoms with Crippen LogP contribution in [0.4, 0.5) is 5.69 Å². The number of benzene rings is 1. The first-order chi connectivity index (χ1) is 7.90. The molecular formula is C10H14N2O4S. The minimum absolute atomic E-state index is 0.130. The maximum absolute atomic E-state index is 10.9. The maximum Gasteiger partial charge on any atom is 0.337 e. The van der Waals surface area contributed by atoms with Crippen molar-refractivity contribution in [1.82, 2.24) is 0 Å². The Morgan fingerprint density at radius 2 is 2.00 bits per heavy atom. The fraction of sp³-hybridized carbons (Fsp3) is 0.300. The lowest BCUT2D eigenvalue weighted by Gasteiger charge is -2.08. The van der Waals surface area contributed by atoms with Gasteiger partial charge in [-0.1, -0.05) is 12.1 Å². The Morgan fingerprint density at radius 3 is 2.59 bits per heavy atom. The molecular weight excluding hydrogens is 244 g/mol. The number of sulfonamides is 1. The molecule has 0 heterocycles. The minimum atomic E-state index is -3.46. The van der Waals surface area contributed by atoms with Gasteiger partial charge in [-0.25, -0.2) is 18.4 Å². The Hall–Kier alpha value is -1.60. The quantitative estimate of drug-likeness (QED) is 0.643. The predicted octanol–water partition coefficient (Wildman–Crippen LogP) is 0.475. The summed E-state index contributed by atoms with van der Waals surface area (Å²) in [6.07, 6.45) is 0.326. The molecule has 17 heavy (non-hydrogen) atoms. The zero-order chi connectivity index (χ0) is 12.9. The number of carboxylic acids is 1. The largest absolute Gasteiger partial charge is 0.478 e. The average molecular weight is 258 g/mol. The van der Waals surface area contributed by atoms with Crippen LogP contribution in [0.1, 0.15) is 16.8 Å². The SMILES string of the molecule is NS(=O)(=O)CCCNc1ccccc1C(=O)O. The summed E-state index contributed by atoms with van der Waals surface area (Å²) in [6.45, 7) is 0.348. The van der Waals surface area contributed by atoms with Crippen LogP contribution < -0.4 is 10.5 Å². The first-order valence-corrected chi connectivity index (χ1v) is 6.68. The maximum atomic E-state index is 10.9. The van der Waals surface area contributed by atoms with Gasteiger partial charge in [-0.2, -0.15) is 0 Å². The van der Waals surface area contributed by atoms with E-state index in [0.717, 1.165) is 0 Å². The summed E-state index contributed by atoms with van der Waals surface area (Å²) in [4.78, 5) is 10.9. The van der Waals surface area contributed by atoms with Crippen molar-refractivity contribution in [2.45, 2.75) is 6.42 Å². The third-order valence-corrected chi connectivity index (χ3v) is 2.94. The molecule has 0 atom stereocenters. The van der Waals surface area contributed by atoms with Gasteiger partial charge in [-0.3, -0.25) is 0 Å². The van der Waals surface area contributed by atoms with Gasteiger partial charge in [0.05, 0.1) is 11.3 Å². The van der Waals surface area contributed by atoms with E-state index in [1.807, 2.05) is 0 Å². The standard InChI is InChI=1S/C10H14N2O4S/c11-17(15,16)7-3-6-12-9-5-2-1-4-8(9)10(13)14/h1-2,4-5,12H,3,6-7H2,(H,13,14)(H2,11,15,16). The summed E-state index contributed by atoms with van der Waals surface area (Å²) in [6, 6.07) is 6.43. The van der Waals surface area contributed by atoms with Crippen LogP contribution >= 0.6 is 0 Å². The molecule has 6 nitrogen and oxygen atoms in total. The predicted molar refractivity (Wildman–Crippen MR) is 64.5 cm³/mol. The van der Waals surface area contributed by atoms with Crippen molar-refractivity contribution < 1.29 is 18.3 Å². The first-order valence-electron chi connectivity index (χ1n) is 4.97. The average Bonchev–Trinajstić information content (AvgIpc) is 2.23. The first kappa shape index (κ1) is 13.5. The van der Waals surface area contributed by atoms with E-state index in [-0.39, 0.29) is 11.3 Å². The van der Waals surface area contributed by atoms with Crippen LogP contribution in [0, 0.1) is 0 Å². The zero-order valence-electron chi connectivity index (χ0n) is 9.09. The van der Waals surface area contributed by atoms with E-state index in [1.165, 1.54) is 6.07 Å². The fourth-order valence-corrected chi connectivity index (χ4v) is 1.87. The summed E-state index contributed by atoms with van der Waals surface area (Å²) in [5, 5.41) is 16.6. The van der Waals surface area contributed by atoms with Crippen molar-refractivity contribution in [3.05, 3.63) is 29.8 Å². The summed E-state index contributed by atoms with van der Waals surface area (Å²) < 4.78 is 21.3. The summed E-state index contributed by atoms with van der Waals surface area (Å²) >= 11 is 0. The van der Waals surface area contributed by atoms with Gasteiger partial charge in [0.25, 0.3) is 0 Å². The number of hydrogen-bond donors (Lipinski definition) is 3. The van der Waals surface area contributed by atoms with Gasteiger partial charge < -0.3 is 10.4 Å². The van der Waals surface area contributed by atoms with Gasteiger partial charge in [-0.15, -0.1) is 0 Å². The highest BCUT2D eigenvalue weighted by molar-refractivity contribution is 7.89. The van der Waals surface area contributed by atoms with Gasteiger partial charge in [-0.05, 0) is 18.6 Å². The number of nitrogens with two attached hydrogens (primary N) is 1. The molecule has 0 saturated heterocycles. The molecule has 0 saturated carbocycles. The van der Waals surface area contributed by atoms with Crippen molar-refractivity contribution in [2.75, 3.05) is 17.6 Å². The second kappa shape index (κ2) is 5.65. The van der Waals surface area contributed by atoms with Gasteiger partial charge in [0.15, 0.2) is 0 Å². The molecule has 7 heteroatoms. The Balaban J connectivity index is 2.55. The number of rotatable bonds is 6. The van der Waals surface area contributed by atoms with Crippen LogP contribution in [-0.4, -0.2) is 31.8 Å². The van der Waals surface area contributed by atoms with Crippen molar-refractivity contribution in [3.8, 4) is 0 Å². The molecule has 0 fully saturated rings. The van der Waals surface area contributed by atoms with E-state index in [1.54, 1.807) is 18.2 Å². The Bertz CT molecular complexity index is 499. The van der Waals surface area contributed by atoms with Crippen LogP contribution in [0.5, 0.6) is 0 Å². The molecule has 0 radical (unpaired) electrons. The molecule has 0 spiro atoms. The number of nitrogens with one attached hydrogen (secondary N) is 1. The molecule has 0 bridgehead atoms. The molecule has 0 amide bonds. The molecule has 1 rings (SSSR count). The molecule has 4 N–H and O–H groups in total. The molecule has 0 aliphatic heterocycles. The molecule has 1 aromatic rings. The number of para-hydroxylation sites is 1. The van der Waals surface area contributed by atoms with Crippen molar-refractivity contribution in [3.63, 3.8) is 0 Å². The number of carboxylic acid groups (broad SMARTS) is 1. The summed E-state index contributed by atoms with van der Waals surface area (Å²) in [5.74, 6) is -1.16. The van der Waals surface area contributed by atoms with E-state index in [0.29, 0.717) is 18.7 Å². The van der Waals surface area contributed by atoms with Gasteiger partial charge in [0.1, 0.15) is 0 Å². The smallest absolute Gasteiger partial charge is 0.337 e. The van der Waals surface area contributed by atoms with Crippen LogP contribution in [0.25, 0.3) is 0 Å². The lowest BCUT2D eigenvalue weighted by atomic mass is 10.2. The van der Waals surface area contributed by atoms with Crippen LogP contribution in [-0.2, 0) is 10.0 Å². The third-order valence-electron chi connectivity index (χ3n) is 2.08. The molecule has 1 aromatic carbocycles. The molecule has 0 aromatic heterocycles. The Morgan fingerprint density at radius 1 is 1.35 bits per heavy atom. The highest BCUT2D eigenvalue weighted by Gasteiger charge is 2.08. The number of aromatic carboxylic acids is 1. The highest BCUT2D eigenvalue weighted by atomic mass is 32.2. The normalized spacial score (nSPS) is 11.1. The third kappa shape index (κ3) is 4.83. The van der Waals surface area contributed by atoms with Gasteiger partial charge in [0, 0.05) is 12.2 Å². The molecule has 0 unspecified atom stereocenters. The van der Waals surface area contributed by atoms with Crippen LogP contribution in [0.3, 0.4) is 0 Å². The van der Waals surface area contributed by atoms with E-state index >= 15 is 0 Å². The molecule has 0 aliphatic rings. The van der Waals surface area contributed by atoms with E-state index in [2.05, 4.69) is 5.32 Å². The molecule has 94 valence electrons. The Labute approximate surface area is 99.5 Å². The van der Waals surface area contributed by atoms with Gasteiger partial charge in [0.2, 0.25) is 10.0 Å². The zero-order valence-corrected chi connectivity index (χ0v) is 9.90. The van der Waals surface area contributed by atoms with E-state index in [9.17, 15) is 13.2 Å². The number of hydrogen-bond acceptors (Lipinski definition) is 4. The lowest BCUT2D eigenvalue weighted by molar-refractivity contribution is 0.0698. The van der Waals surface area contributed by atoms with Crippen LogP contribution in [0.15, 0.2) is 24.3 Å².